The maximum absolute atomic E-state index is 12.4. The zero-order valence-corrected chi connectivity index (χ0v) is 12.8. The zero-order chi connectivity index (χ0) is 14.4. The highest BCUT2D eigenvalue weighted by Crippen LogP contribution is 2.17. The molecule has 1 aromatic carbocycles. The maximum Gasteiger partial charge on any atom is 0.228 e. The molecule has 116 valence electrons. The third-order valence-corrected chi connectivity index (χ3v) is 3.53. The first-order valence-corrected chi connectivity index (χ1v) is 7.04. The van der Waals surface area contributed by atoms with E-state index in [1.165, 1.54) is 0 Å². The summed E-state index contributed by atoms with van der Waals surface area (Å²) in [6, 6.07) is 9.67. The number of hydrogen-bond acceptors (Lipinski definition) is 3. The van der Waals surface area contributed by atoms with Crippen molar-refractivity contribution < 1.29 is 9.59 Å². The molecule has 0 aromatic heterocycles. The number of benzene rings is 1. The first kappa shape index (κ1) is 17.5. The van der Waals surface area contributed by atoms with Gasteiger partial charge in [-0.15, -0.1) is 12.4 Å². The number of nitrogens with two attached hydrogens (primary N) is 1. The Hall–Kier alpha value is -1.59. The Bertz CT molecular complexity index is 461. The minimum Gasteiger partial charge on any atom is -0.370 e. The molecule has 0 radical (unpaired) electrons. The number of amides is 2. The second kappa shape index (κ2) is 8.64. The summed E-state index contributed by atoms with van der Waals surface area (Å²) in [6.45, 7) is 1.31. The van der Waals surface area contributed by atoms with E-state index in [0.29, 0.717) is 13.0 Å². The average molecular weight is 312 g/mol. The Balaban J connectivity index is 0.00000220. The molecule has 1 heterocycles. The van der Waals surface area contributed by atoms with Crippen molar-refractivity contribution in [2.75, 3.05) is 18.0 Å². The molecular formula is C15H22ClN3O2. The van der Waals surface area contributed by atoms with Gasteiger partial charge in [-0.1, -0.05) is 18.2 Å². The van der Waals surface area contributed by atoms with Crippen LogP contribution in [0.15, 0.2) is 30.3 Å². The van der Waals surface area contributed by atoms with Crippen molar-refractivity contribution in [1.82, 2.24) is 5.32 Å². The van der Waals surface area contributed by atoms with Crippen LogP contribution in [0.2, 0.25) is 0 Å². The lowest BCUT2D eigenvalue weighted by Crippen LogP contribution is -2.37. The highest BCUT2D eigenvalue weighted by Gasteiger charge is 2.22. The van der Waals surface area contributed by atoms with E-state index in [0.717, 1.165) is 25.1 Å². The van der Waals surface area contributed by atoms with Gasteiger partial charge in [0.2, 0.25) is 11.8 Å². The monoisotopic (exact) mass is 311 g/mol. The summed E-state index contributed by atoms with van der Waals surface area (Å²) in [5.41, 5.74) is 6.01. The fourth-order valence-electron chi connectivity index (χ4n) is 2.48. The highest BCUT2D eigenvalue weighted by molar-refractivity contribution is 5.94. The van der Waals surface area contributed by atoms with Gasteiger partial charge in [0.25, 0.3) is 0 Å². The van der Waals surface area contributed by atoms with Crippen molar-refractivity contribution in [3.05, 3.63) is 30.3 Å². The minimum atomic E-state index is -0.391. The fourth-order valence-corrected chi connectivity index (χ4v) is 2.48. The number of anilines is 1. The van der Waals surface area contributed by atoms with Crippen molar-refractivity contribution >= 4 is 29.9 Å². The normalized spacial score (nSPS) is 17.0. The molecule has 1 saturated heterocycles. The third-order valence-electron chi connectivity index (χ3n) is 3.53. The molecule has 2 amide bonds. The van der Waals surface area contributed by atoms with E-state index in [1.54, 1.807) is 4.90 Å². The van der Waals surface area contributed by atoms with Crippen molar-refractivity contribution in [1.29, 1.82) is 0 Å². The van der Waals surface area contributed by atoms with E-state index >= 15 is 0 Å². The Labute approximate surface area is 131 Å². The van der Waals surface area contributed by atoms with E-state index < -0.39 is 5.91 Å². The number of nitrogens with zero attached hydrogens (tertiary/aromatic N) is 1. The summed E-state index contributed by atoms with van der Waals surface area (Å²) in [5.74, 6) is -0.352. The summed E-state index contributed by atoms with van der Waals surface area (Å²) < 4.78 is 0. The molecule has 6 heteroatoms. The average Bonchev–Trinajstić information content (AvgIpc) is 2.92. The maximum atomic E-state index is 12.4. The number of carbonyl (C=O) groups is 2. The standard InChI is InChI=1S/C15H21N3O2.ClH/c16-14(19)8-10-18(13-6-2-1-3-7-13)15(20)11-12-5-4-9-17-12;/h1-3,6-7,12,17H,4-5,8-11H2,(H2,16,19);1H. The van der Waals surface area contributed by atoms with Crippen LogP contribution in [0.5, 0.6) is 0 Å². The van der Waals surface area contributed by atoms with Crippen LogP contribution in [0.25, 0.3) is 0 Å². The van der Waals surface area contributed by atoms with Crippen LogP contribution in [-0.4, -0.2) is 30.9 Å². The topological polar surface area (TPSA) is 75.4 Å². The van der Waals surface area contributed by atoms with Gasteiger partial charge in [0.05, 0.1) is 0 Å². The van der Waals surface area contributed by atoms with Gasteiger partial charge in [-0.25, -0.2) is 0 Å². The van der Waals surface area contributed by atoms with Crippen LogP contribution in [0.4, 0.5) is 5.69 Å². The first-order chi connectivity index (χ1) is 9.66. The lowest BCUT2D eigenvalue weighted by Gasteiger charge is -2.24. The van der Waals surface area contributed by atoms with E-state index in [4.69, 9.17) is 5.73 Å². The zero-order valence-electron chi connectivity index (χ0n) is 12.0. The number of hydrogen-bond donors (Lipinski definition) is 2. The van der Waals surface area contributed by atoms with Crippen LogP contribution >= 0.6 is 12.4 Å². The summed E-state index contributed by atoms with van der Waals surface area (Å²) >= 11 is 0. The molecular weight excluding hydrogens is 290 g/mol. The lowest BCUT2D eigenvalue weighted by molar-refractivity contribution is -0.119. The molecule has 0 aliphatic carbocycles. The van der Waals surface area contributed by atoms with E-state index in [2.05, 4.69) is 5.32 Å². The second-order valence-electron chi connectivity index (χ2n) is 5.09. The first-order valence-electron chi connectivity index (χ1n) is 7.04. The Morgan fingerprint density at radius 2 is 2.00 bits per heavy atom. The minimum absolute atomic E-state index is 0. The predicted molar refractivity (Wildman–Crippen MR) is 85.5 cm³/mol. The fraction of sp³-hybridized carbons (Fsp3) is 0.467. The van der Waals surface area contributed by atoms with Crippen molar-refractivity contribution in [3.63, 3.8) is 0 Å². The van der Waals surface area contributed by atoms with Crippen LogP contribution < -0.4 is 16.0 Å². The van der Waals surface area contributed by atoms with Crippen LogP contribution in [-0.2, 0) is 9.59 Å². The molecule has 3 N–H and O–H groups in total. The summed E-state index contributed by atoms with van der Waals surface area (Å²) in [7, 11) is 0. The van der Waals surface area contributed by atoms with E-state index in [1.807, 2.05) is 30.3 Å². The largest absolute Gasteiger partial charge is 0.370 e. The molecule has 0 spiro atoms. The van der Waals surface area contributed by atoms with E-state index in [-0.39, 0.29) is 30.8 Å². The van der Waals surface area contributed by atoms with Crippen molar-refractivity contribution in [2.24, 2.45) is 5.73 Å². The van der Waals surface area contributed by atoms with Crippen molar-refractivity contribution in [3.8, 4) is 0 Å². The van der Waals surface area contributed by atoms with Gasteiger partial charge in [-0.2, -0.15) is 0 Å². The smallest absolute Gasteiger partial charge is 0.228 e. The van der Waals surface area contributed by atoms with Gasteiger partial charge in [0.1, 0.15) is 0 Å². The number of nitrogens with one attached hydrogen (secondary N) is 1. The Kier molecular flexibility index (Phi) is 7.19. The van der Waals surface area contributed by atoms with Gasteiger partial charge in [0.15, 0.2) is 0 Å². The molecule has 1 aromatic rings. The second-order valence-corrected chi connectivity index (χ2v) is 5.09. The van der Waals surface area contributed by atoms with Crippen molar-refractivity contribution in [2.45, 2.75) is 31.7 Å². The summed E-state index contributed by atoms with van der Waals surface area (Å²) in [6.07, 6.45) is 2.79. The SMILES string of the molecule is Cl.NC(=O)CCN(C(=O)CC1CCCN1)c1ccccc1. The summed E-state index contributed by atoms with van der Waals surface area (Å²) in [4.78, 5) is 25.1. The van der Waals surface area contributed by atoms with Crippen LogP contribution in [0.1, 0.15) is 25.7 Å². The predicted octanol–water partition coefficient (Wildman–Crippen LogP) is 1.46. The lowest BCUT2D eigenvalue weighted by atomic mass is 10.1. The van der Waals surface area contributed by atoms with Gasteiger partial charge in [-0.05, 0) is 31.5 Å². The Morgan fingerprint density at radius 3 is 2.57 bits per heavy atom. The van der Waals surface area contributed by atoms with E-state index in [9.17, 15) is 9.59 Å². The number of carbonyl (C=O) groups excluding carboxylic acids is 2. The van der Waals surface area contributed by atoms with Gasteiger partial charge < -0.3 is 16.0 Å². The molecule has 1 aliphatic heterocycles. The number of rotatable bonds is 6. The number of halogens is 1. The molecule has 1 unspecified atom stereocenters. The molecule has 1 fully saturated rings. The number of primary amides is 1. The highest BCUT2D eigenvalue weighted by atomic mass is 35.5. The molecule has 1 aliphatic rings. The molecule has 21 heavy (non-hydrogen) atoms. The molecule has 5 nitrogen and oxygen atoms in total. The Morgan fingerprint density at radius 1 is 1.29 bits per heavy atom. The van der Waals surface area contributed by atoms with Gasteiger partial charge >= 0.3 is 0 Å². The quantitative estimate of drug-likeness (QED) is 0.835. The molecule has 1 atom stereocenters. The molecule has 0 bridgehead atoms. The third kappa shape index (κ3) is 5.36. The number of para-hydroxylation sites is 1. The summed E-state index contributed by atoms with van der Waals surface area (Å²) in [5, 5.41) is 3.32. The van der Waals surface area contributed by atoms with Crippen LogP contribution in [0, 0.1) is 0 Å². The molecule has 0 saturated carbocycles. The van der Waals surface area contributed by atoms with Gasteiger partial charge in [-0.3, -0.25) is 9.59 Å². The van der Waals surface area contributed by atoms with Gasteiger partial charge in [0, 0.05) is 31.1 Å². The van der Waals surface area contributed by atoms with Crippen LogP contribution in [0.3, 0.4) is 0 Å². The molecule has 2 rings (SSSR count).